The number of ketones is 2. The fourth-order valence-corrected chi connectivity index (χ4v) is 2.80. The van der Waals surface area contributed by atoms with Gasteiger partial charge >= 0.3 is 0 Å². The summed E-state index contributed by atoms with van der Waals surface area (Å²) in [6.45, 7) is 4.96. The lowest BCUT2D eigenvalue weighted by molar-refractivity contribution is 0.0979. The Labute approximate surface area is 129 Å². The highest BCUT2D eigenvalue weighted by atomic mass is 16.5. The Kier molecular flexibility index (Phi) is 3.67. The first-order valence-corrected chi connectivity index (χ1v) is 7.41. The minimum atomic E-state index is -0.136. The van der Waals surface area contributed by atoms with Crippen molar-refractivity contribution in [3.8, 4) is 5.75 Å². The van der Waals surface area contributed by atoms with Crippen molar-refractivity contribution < 1.29 is 14.3 Å². The largest absolute Gasteiger partial charge is 0.492 e. The van der Waals surface area contributed by atoms with E-state index in [1.807, 2.05) is 13.8 Å². The van der Waals surface area contributed by atoms with Crippen LogP contribution in [0, 0.1) is 0 Å². The van der Waals surface area contributed by atoms with Gasteiger partial charge in [0.05, 0.1) is 17.9 Å². The van der Waals surface area contributed by atoms with Gasteiger partial charge in [-0.25, -0.2) is 0 Å². The fraction of sp³-hybridized carbons (Fsp3) is 0.222. The zero-order valence-electron chi connectivity index (χ0n) is 12.6. The molecular formula is C18H17NO3. The quantitative estimate of drug-likeness (QED) is 0.802. The van der Waals surface area contributed by atoms with Gasteiger partial charge in [0.25, 0.3) is 0 Å². The summed E-state index contributed by atoms with van der Waals surface area (Å²) in [4.78, 5) is 25.5. The summed E-state index contributed by atoms with van der Waals surface area (Å²) in [7, 11) is 0. The minimum absolute atomic E-state index is 0.118. The number of rotatable bonds is 4. The van der Waals surface area contributed by atoms with Gasteiger partial charge in [0.1, 0.15) is 5.75 Å². The van der Waals surface area contributed by atoms with Crippen molar-refractivity contribution in [2.45, 2.75) is 13.8 Å². The molecule has 0 saturated heterocycles. The molecule has 0 aromatic heterocycles. The maximum absolute atomic E-state index is 12.9. The van der Waals surface area contributed by atoms with Crippen molar-refractivity contribution >= 4 is 17.3 Å². The average molecular weight is 295 g/mol. The second-order valence-electron chi connectivity index (χ2n) is 5.03. The summed E-state index contributed by atoms with van der Waals surface area (Å²) in [6.07, 6.45) is 0. The van der Waals surface area contributed by atoms with Crippen LogP contribution in [-0.2, 0) is 0 Å². The van der Waals surface area contributed by atoms with Crippen molar-refractivity contribution in [1.29, 1.82) is 0 Å². The molecule has 4 nitrogen and oxygen atoms in total. The summed E-state index contributed by atoms with van der Waals surface area (Å²) in [6, 6.07) is 10.4. The van der Waals surface area contributed by atoms with E-state index >= 15 is 0 Å². The van der Waals surface area contributed by atoms with Crippen LogP contribution >= 0.6 is 0 Å². The van der Waals surface area contributed by atoms with E-state index in [9.17, 15) is 9.59 Å². The molecule has 0 bridgehead atoms. The van der Waals surface area contributed by atoms with Crippen LogP contribution in [0.3, 0.4) is 0 Å². The van der Waals surface area contributed by atoms with Gasteiger partial charge in [-0.05, 0) is 26.0 Å². The van der Waals surface area contributed by atoms with Crippen molar-refractivity contribution in [3.05, 3.63) is 58.7 Å². The zero-order valence-corrected chi connectivity index (χ0v) is 12.6. The van der Waals surface area contributed by atoms with E-state index in [1.54, 1.807) is 36.4 Å². The SMILES string of the molecule is CCNc1c(OCC)ccc2c1C(=O)c1ccccc1C2=O. The molecule has 0 radical (unpaired) electrons. The van der Waals surface area contributed by atoms with Crippen molar-refractivity contribution in [2.24, 2.45) is 0 Å². The molecule has 0 fully saturated rings. The van der Waals surface area contributed by atoms with Crippen LogP contribution in [0.4, 0.5) is 5.69 Å². The molecule has 0 saturated carbocycles. The fourth-order valence-electron chi connectivity index (χ4n) is 2.80. The number of fused-ring (bicyclic) bond motifs is 2. The first kappa shape index (κ1) is 14.3. The molecule has 112 valence electrons. The smallest absolute Gasteiger partial charge is 0.196 e. The van der Waals surface area contributed by atoms with Gasteiger partial charge in [0, 0.05) is 23.2 Å². The van der Waals surface area contributed by atoms with Crippen molar-refractivity contribution in [2.75, 3.05) is 18.5 Å². The van der Waals surface area contributed by atoms with Crippen molar-refractivity contribution in [1.82, 2.24) is 0 Å². The van der Waals surface area contributed by atoms with E-state index in [2.05, 4.69) is 5.32 Å². The highest BCUT2D eigenvalue weighted by Crippen LogP contribution is 2.37. The lowest BCUT2D eigenvalue weighted by Gasteiger charge is -2.22. The third-order valence-electron chi connectivity index (χ3n) is 3.71. The van der Waals surface area contributed by atoms with E-state index in [0.717, 1.165) is 0 Å². The van der Waals surface area contributed by atoms with Crippen LogP contribution in [0.15, 0.2) is 36.4 Å². The second-order valence-corrected chi connectivity index (χ2v) is 5.03. The van der Waals surface area contributed by atoms with Crippen LogP contribution in [-0.4, -0.2) is 24.7 Å². The predicted molar refractivity (Wildman–Crippen MR) is 85.1 cm³/mol. The first-order chi connectivity index (χ1) is 10.7. The van der Waals surface area contributed by atoms with Crippen LogP contribution in [0.25, 0.3) is 0 Å². The van der Waals surface area contributed by atoms with Crippen LogP contribution < -0.4 is 10.1 Å². The number of ether oxygens (including phenoxy) is 1. The molecule has 0 atom stereocenters. The first-order valence-electron chi connectivity index (χ1n) is 7.41. The summed E-state index contributed by atoms with van der Waals surface area (Å²) in [5.74, 6) is 0.346. The van der Waals surface area contributed by atoms with Crippen molar-refractivity contribution in [3.63, 3.8) is 0 Å². The number of hydrogen-bond acceptors (Lipinski definition) is 4. The number of anilines is 1. The van der Waals surface area contributed by atoms with Crippen LogP contribution in [0.2, 0.25) is 0 Å². The molecule has 0 spiro atoms. The van der Waals surface area contributed by atoms with Crippen LogP contribution in [0.1, 0.15) is 45.7 Å². The number of nitrogens with one attached hydrogen (secondary N) is 1. The molecule has 22 heavy (non-hydrogen) atoms. The Morgan fingerprint density at radius 2 is 1.59 bits per heavy atom. The molecule has 2 aromatic rings. The molecule has 1 aliphatic carbocycles. The van der Waals surface area contributed by atoms with E-state index in [4.69, 9.17) is 4.74 Å². The number of carbonyl (C=O) groups is 2. The zero-order chi connectivity index (χ0) is 15.7. The summed E-state index contributed by atoms with van der Waals surface area (Å²) in [5, 5.41) is 3.17. The summed E-state index contributed by atoms with van der Waals surface area (Å²) < 4.78 is 5.60. The molecule has 1 N–H and O–H groups in total. The van der Waals surface area contributed by atoms with Crippen LogP contribution in [0.5, 0.6) is 5.75 Å². The monoisotopic (exact) mass is 295 g/mol. The lowest BCUT2D eigenvalue weighted by Crippen LogP contribution is -2.23. The standard InChI is InChI=1S/C18H17NO3/c1-3-19-16-14(22-4-2)10-9-13-15(16)18(21)12-8-6-5-7-11(12)17(13)20/h5-10,19H,3-4H2,1-2H3. The Morgan fingerprint density at radius 3 is 2.23 bits per heavy atom. The Hall–Kier alpha value is -2.62. The molecule has 0 aliphatic heterocycles. The third-order valence-corrected chi connectivity index (χ3v) is 3.71. The van der Waals surface area contributed by atoms with E-state index in [1.165, 1.54) is 0 Å². The normalized spacial score (nSPS) is 12.6. The second kappa shape index (κ2) is 5.64. The van der Waals surface area contributed by atoms with E-state index in [0.29, 0.717) is 46.8 Å². The average Bonchev–Trinajstić information content (AvgIpc) is 2.54. The summed E-state index contributed by atoms with van der Waals surface area (Å²) >= 11 is 0. The lowest BCUT2D eigenvalue weighted by atomic mass is 9.83. The van der Waals surface area contributed by atoms with Gasteiger partial charge in [0.2, 0.25) is 0 Å². The third kappa shape index (κ3) is 2.08. The number of benzene rings is 2. The number of hydrogen-bond donors (Lipinski definition) is 1. The molecule has 0 unspecified atom stereocenters. The van der Waals surface area contributed by atoms with Gasteiger partial charge in [-0.15, -0.1) is 0 Å². The Morgan fingerprint density at radius 1 is 0.909 bits per heavy atom. The summed E-state index contributed by atoms with van der Waals surface area (Å²) in [5.41, 5.74) is 2.37. The van der Waals surface area contributed by atoms with Gasteiger partial charge in [-0.1, -0.05) is 24.3 Å². The predicted octanol–water partition coefficient (Wildman–Crippen LogP) is 3.29. The Bertz CT molecular complexity index is 765. The van der Waals surface area contributed by atoms with Gasteiger partial charge in [-0.3, -0.25) is 9.59 Å². The highest BCUT2D eigenvalue weighted by Gasteiger charge is 2.32. The maximum Gasteiger partial charge on any atom is 0.196 e. The minimum Gasteiger partial charge on any atom is -0.492 e. The van der Waals surface area contributed by atoms with E-state index < -0.39 is 0 Å². The molecule has 0 heterocycles. The topological polar surface area (TPSA) is 55.4 Å². The molecule has 1 aliphatic rings. The molecule has 4 heteroatoms. The van der Waals surface area contributed by atoms with Gasteiger partial charge < -0.3 is 10.1 Å². The molecule has 3 rings (SSSR count). The van der Waals surface area contributed by atoms with Gasteiger partial charge in [-0.2, -0.15) is 0 Å². The Balaban J connectivity index is 2.25. The van der Waals surface area contributed by atoms with Gasteiger partial charge in [0.15, 0.2) is 11.6 Å². The molecule has 2 aromatic carbocycles. The highest BCUT2D eigenvalue weighted by molar-refractivity contribution is 6.30. The number of carbonyl (C=O) groups excluding carboxylic acids is 2. The molecular weight excluding hydrogens is 278 g/mol. The van der Waals surface area contributed by atoms with E-state index in [-0.39, 0.29) is 11.6 Å². The molecule has 0 amide bonds. The maximum atomic E-state index is 12.9.